The van der Waals surface area contributed by atoms with E-state index in [0.29, 0.717) is 17.7 Å². The zero-order valence-corrected chi connectivity index (χ0v) is 21.0. The maximum atomic E-state index is 13.2. The van der Waals surface area contributed by atoms with E-state index in [9.17, 15) is 24.8 Å². The summed E-state index contributed by atoms with van der Waals surface area (Å²) in [5.41, 5.74) is 1.64. The number of amides is 1. The predicted octanol–water partition coefficient (Wildman–Crippen LogP) is 2.73. The molecule has 1 N–H and O–H groups in total. The first-order valence-corrected chi connectivity index (χ1v) is 12.8. The molecule has 4 heterocycles. The van der Waals surface area contributed by atoms with Gasteiger partial charge >= 0.3 is 5.97 Å². The van der Waals surface area contributed by atoms with Crippen molar-refractivity contribution in [3.05, 3.63) is 81.2 Å². The van der Waals surface area contributed by atoms with Gasteiger partial charge in [-0.3, -0.25) is 19.9 Å². The molecule has 1 aromatic carbocycles. The van der Waals surface area contributed by atoms with Crippen LogP contribution in [0.3, 0.4) is 0 Å². The number of benzene rings is 1. The van der Waals surface area contributed by atoms with Crippen LogP contribution in [0.25, 0.3) is 5.52 Å². The minimum absolute atomic E-state index is 0.0548. The number of nitrogens with zero attached hydrogens (tertiary/aromatic N) is 5. The molecule has 5 rings (SSSR count). The van der Waals surface area contributed by atoms with Gasteiger partial charge in [0.1, 0.15) is 18.1 Å². The van der Waals surface area contributed by atoms with E-state index in [-0.39, 0.29) is 35.9 Å². The summed E-state index contributed by atoms with van der Waals surface area (Å²) in [4.78, 5) is 47.3. The summed E-state index contributed by atoms with van der Waals surface area (Å²) in [6.45, 7) is 3.45. The number of carbonyl (C=O) groups is 2. The smallest absolute Gasteiger partial charge is 0.356 e. The summed E-state index contributed by atoms with van der Waals surface area (Å²) >= 11 is 1.48. The highest BCUT2D eigenvalue weighted by Gasteiger charge is 2.60. The number of rotatable bonds is 9. The SMILES string of the molecule is C[C@@H](O)[C@H]1C(=O)N2C(C(=O)OCc3ccc([N+](=O)[O-])cc3)=C(SCCc3ncc4cnccn34)[C@H](C)[C@H]12. The van der Waals surface area contributed by atoms with Crippen molar-refractivity contribution in [3.8, 4) is 0 Å². The van der Waals surface area contributed by atoms with Crippen LogP contribution in [0.5, 0.6) is 0 Å². The Morgan fingerprint density at radius 3 is 2.76 bits per heavy atom. The summed E-state index contributed by atoms with van der Waals surface area (Å²) < 4.78 is 7.50. The third-order valence-electron chi connectivity index (χ3n) is 6.81. The molecular weight excluding hydrogens is 498 g/mol. The molecule has 11 nitrogen and oxygen atoms in total. The number of non-ortho nitro benzene ring substituents is 1. The number of aromatic nitrogens is 3. The molecule has 12 heteroatoms. The van der Waals surface area contributed by atoms with E-state index in [1.165, 1.54) is 40.9 Å². The van der Waals surface area contributed by atoms with Crippen LogP contribution in [-0.2, 0) is 27.4 Å². The van der Waals surface area contributed by atoms with Crippen LogP contribution >= 0.6 is 11.8 Å². The summed E-state index contributed by atoms with van der Waals surface area (Å²) in [6.07, 6.45) is 6.82. The van der Waals surface area contributed by atoms with Crippen molar-refractivity contribution >= 4 is 34.8 Å². The van der Waals surface area contributed by atoms with Crippen molar-refractivity contribution in [2.24, 2.45) is 11.8 Å². The predicted molar refractivity (Wildman–Crippen MR) is 134 cm³/mol. The van der Waals surface area contributed by atoms with Gasteiger partial charge in [-0.05, 0) is 24.6 Å². The summed E-state index contributed by atoms with van der Waals surface area (Å²) in [5, 5.41) is 21.1. The van der Waals surface area contributed by atoms with Gasteiger partial charge in [-0.2, -0.15) is 0 Å². The number of fused-ring (bicyclic) bond motifs is 2. The number of imidazole rings is 1. The average molecular weight is 524 g/mol. The van der Waals surface area contributed by atoms with E-state index in [2.05, 4.69) is 9.97 Å². The monoisotopic (exact) mass is 523 g/mol. The molecule has 2 aliphatic heterocycles. The van der Waals surface area contributed by atoms with Crippen molar-refractivity contribution in [1.82, 2.24) is 19.3 Å². The van der Waals surface area contributed by atoms with Gasteiger partial charge < -0.3 is 19.1 Å². The molecule has 0 aliphatic carbocycles. The van der Waals surface area contributed by atoms with E-state index < -0.39 is 22.9 Å². The van der Waals surface area contributed by atoms with Gasteiger partial charge in [-0.1, -0.05) is 6.92 Å². The third kappa shape index (κ3) is 4.46. The molecule has 2 aliphatic rings. The van der Waals surface area contributed by atoms with Crippen LogP contribution in [0.4, 0.5) is 5.69 Å². The number of ether oxygens (including phenoxy) is 1. The van der Waals surface area contributed by atoms with Crippen LogP contribution in [0.15, 0.2) is 59.7 Å². The molecule has 1 saturated heterocycles. The molecule has 4 atom stereocenters. The van der Waals surface area contributed by atoms with Gasteiger partial charge in [0.25, 0.3) is 5.69 Å². The van der Waals surface area contributed by atoms with E-state index in [4.69, 9.17) is 4.74 Å². The molecule has 0 unspecified atom stereocenters. The number of nitro groups is 1. The van der Waals surface area contributed by atoms with E-state index in [0.717, 1.165) is 16.2 Å². The largest absolute Gasteiger partial charge is 0.456 e. The maximum Gasteiger partial charge on any atom is 0.356 e. The molecule has 0 bridgehead atoms. The molecule has 37 heavy (non-hydrogen) atoms. The first-order valence-electron chi connectivity index (χ1n) is 11.8. The number of aliphatic hydroxyl groups excluding tert-OH is 1. The third-order valence-corrected chi connectivity index (χ3v) is 8.10. The lowest BCUT2D eigenvalue weighted by molar-refractivity contribution is -0.384. The summed E-state index contributed by atoms with van der Waals surface area (Å²) in [6, 6.07) is 5.43. The van der Waals surface area contributed by atoms with Crippen molar-refractivity contribution in [1.29, 1.82) is 0 Å². The minimum Gasteiger partial charge on any atom is -0.456 e. The Kier molecular flexibility index (Phi) is 6.69. The van der Waals surface area contributed by atoms with Gasteiger partial charge in [0.2, 0.25) is 5.91 Å². The standard InChI is InChI=1S/C25H25N5O6S/c1-14-21-20(15(2)31)24(32)29(21)22(25(33)36-13-16-3-5-17(6-4-16)30(34)35)23(14)37-10-7-19-27-12-18-11-26-8-9-28(18)19/h3-6,8-9,11-12,14-15,20-21,31H,7,10,13H2,1-2H3/t14-,15-,20-,21-/m1/s1. The molecule has 0 radical (unpaired) electrons. The summed E-state index contributed by atoms with van der Waals surface area (Å²) in [5.74, 6) is -0.172. The summed E-state index contributed by atoms with van der Waals surface area (Å²) in [7, 11) is 0. The van der Waals surface area contributed by atoms with Crippen molar-refractivity contribution < 1.29 is 24.4 Å². The highest BCUT2D eigenvalue weighted by molar-refractivity contribution is 8.03. The van der Waals surface area contributed by atoms with Gasteiger partial charge in [0, 0.05) is 47.5 Å². The number of aryl methyl sites for hydroxylation is 1. The second kappa shape index (κ2) is 9.94. The van der Waals surface area contributed by atoms with Crippen LogP contribution in [0.1, 0.15) is 25.2 Å². The fourth-order valence-corrected chi connectivity index (χ4v) is 6.21. The maximum absolute atomic E-state index is 13.2. The minimum atomic E-state index is -0.831. The Morgan fingerprint density at radius 1 is 1.30 bits per heavy atom. The fraction of sp³-hybridized carbons (Fsp3) is 0.360. The van der Waals surface area contributed by atoms with Gasteiger partial charge in [0.15, 0.2) is 0 Å². The van der Waals surface area contributed by atoms with E-state index >= 15 is 0 Å². The van der Waals surface area contributed by atoms with Crippen LogP contribution in [0, 0.1) is 22.0 Å². The number of hydrogen-bond acceptors (Lipinski definition) is 9. The Balaban J connectivity index is 1.34. The van der Waals surface area contributed by atoms with Gasteiger partial charge in [0.05, 0.1) is 40.9 Å². The fourth-order valence-electron chi connectivity index (χ4n) is 4.98. The molecule has 3 aromatic rings. The lowest BCUT2D eigenvalue weighted by atomic mass is 9.79. The topological polar surface area (TPSA) is 140 Å². The Labute approximate surface area is 216 Å². The van der Waals surface area contributed by atoms with E-state index in [1.807, 2.05) is 17.5 Å². The highest BCUT2D eigenvalue weighted by atomic mass is 32.2. The molecular formula is C25H25N5O6S. The molecule has 1 fully saturated rings. The zero-order valence-electron chi connectivity index (χ0n) is 20.2. The quantitative estimate of drug-likeness (QED) is 0.194. The lowest BCUT2D eigenvalue weighted by Crippen LogP contribution is -2.63. The number of carbonyl (C=O) groups excluding carboxylic acids is 2. The zero-order chi connectivity index (χ0) is 26.3. The Morgan fingerprint density at radius 2 is 2.05 bits per heavy atom. The molecule has 1 amide bonds. The second-order valence-corrected chi connectivity index (χ2v) is 10.2. The van der Waals surface area contributed by atoms with Crippen molar-refractivity contribution in [3.63, 3.8) is 0 Å². The molecule has 192 valence electrons. The number of β-lactam (4-membered cyclic amide) rings is 1. The molecule has 0 saturated carbocycles. The number of esters is 1. The molecule has 0 spiro atoms. The Hall–Kier alpha value is -3.77. The van der Waals surface area contributed by atoms with Gasteiger partial charge in [-0.15, -0.1) is 11.8 Å². The number of aliphatic hydroxyl groups is 1. The van der Waals surface area contributed by atoms with Crippen LogP contribution in [0.2, 0.25) is 0 Å². The number of thioether (sulfide) groups is 1. The Bertz CT molecular complexity index is 1400. The van der Waals surface area contributed by atoms with E-state index in [1.54, 1.807) is 25.5 Å². The van der Waals surface area contributed by atoms with Crippen LogP contribution < -0.4 is 0 Å². The van der Waals surface area contributed by atoms with Crippen LogP contribution in [-0.4, -0.2) is 59.1 Å². The van der Waals surface area contributed by atoms with Crippen molar-refractivity contribution in [2.75, 3.05) is 5.75 Å². The highest BCUT2D eigenvalue weighted by Crippen LogP contribution is 2.50. The van der Waals surface area contributed by atoms with Gasteiger partial charge in [-0.25, -0.2) is 9.78 Å². The number of nitro benzene ring substituents is 1. The first-order chi connectivity index (χ1) is 17.8. The first kappa shape index (κ1) is 24.9. The normalized spacial score (nSPS) is 21.6. The average Bonchev–Trinajstić information content (AvgIpc) is 3.39. The lowest BCUT2D eigenvalue weighted by Gasteiger charge is -2.46. The second-order valence-electron chi connectivity index (χ2n) is 9.11. The number of hydrogen-bond donors (Lipinski definition) is 1. The van der Waals surface area contributed by atoms with Crippen molar-refractivity contribution in [2.45, 2.75) is 39.0 Å². The molecule has 2 aromatic heterocycles.